The number of aromatic nitrogens is 2. The maximum Gasteiger partial charge on any atom is 0.407 e. The first kappa shape index (κ1) is 13.2. The molecule has 1 amide bonds. The summed E-state index contributed by atoms with van der Waals surface area (Å²) in [4.78, 5) is 19.6. The summed E-state index contributed by atoms with van der Waals surface area (Å²) in [6, 6.07) is 1.46. The molecule has 2 rings (SSSR count). The number of hydrogen-bond acceptors (Lipinski definition) is 4. The Morgan fingerprint density at radius 1 is 1.50 bits per heavy atom. The minimum Gasteiger partial charge on any atom is -0.474 e. The van der Waals surface area contributed by atoms with Crippen LogP contribution in [-0.2, 0) is 0 Å². The highest BCUT2D eigenvalue weighted by molar-refractivity contribution is 6.31. The SMILES string of the molecule is CN(C(=O)O)[C@H]1C[C@H](Oc2cc(Cl)nc(Cl)n2)C1. The zero-order valence-corrected chi connectivity index (χ0v) is 11.0. The topological polar surface area (TPSA) is 75.6 Å². The highest BCUT2D eigenvalue weighted by Crippen LogP contribution is 2.29. The van der Waals surface area contributed by atoms with Crippen LogP contribution in [0.1, 0.15) is 12.8 Å². The number of amides is 1. The van der Waals surface area contributed by atoms with E-state index < -0.39 is 6.09 Å². The van der Waals surface area contributed by atoms with Crippen molar-refractivity contribution in [3.63, 3.8) is 0 Å². The van der Waals surface area contributed by atoms with Crippen LogP contribution in [0, 0.1) is 0 Å². The van der Waals surface area contributed by atoms with Crippen LogP contribution in [0.2, 0.25) is 10.4 Å². The van der Waals surface area contributed by atoms with Crippen molar-refractivity contribution in [2.45, 2.75) is 25.0 Å². The van der Waals surface area contributed by atoms with Gasteiger partial charge in [-0.1, -0.05) is 11.6 Å². The van der Waals surface area contributed by atoms with Gasteiger partial charge in [-0.05, 0) is 11.6 Å². The molecule has 0 atom stereocenters. The van der Waals surface area contributed by atoms with Crippen LogP contribution < -0.4 is 4.74 Å². The monoisotopic (exact) mass is 291 g/mol. The van der Waals surface area contributed by atoms with E-state index >= 15 is 0 Å². The maximum absolute atomic E-state index is 10.7. The molecule has 0 aliphatic heterocycles. The second-order valence-electron chi connectivity index (χ2n) is 4.06. The summed E-state index contributed by atoms with van der Waals surface area (Å²) in [6.45, 7) is 0. The number of ether oxygens (including phenoxy) is 1. The van der Waals surface area contributed by atoms with Crippen LogP contribution in [0.15, 0.2) is 6.07 Å². The van der Waals surface area contributed by atoms with Crippen molar-refractivity contribution >= 4 is 29.3 Å². The molecule has 1 aromatic heterocycles. The first-order valence-corrected chi connectivity index (χ1v) is 6.04. The molecule has 1 aliphatic carbocycles. The van der Waals surface area contributed by atoms with E-state index in [2.05, 4.69) is 9.97 Å². The molecule has 0 spiro atoms. The average molecular weight is 292 g/mol. The quantitative estimate of drug-likeness (QED) is 0.683. The van der Waals surface area contributed by atoms with Gasteiger partial charge in [0.25, 0.3) is 0 Å². The summed E-state index contributed by atoms with van der Waals surface area (Å²) in [6.07, 6.45) is 0.245. The van der Waals surface area contributed by atoms with Crippen molar-refractivity contribution in [1.29, 1.82) is 0 Å². The number of carboxylic acid groups (broad SMARTS) is 1. The van der Waals surface area contributed by atoms with Gasteiger partial charge in [-0.15, -0.1) is 0 Å². The second kappa shape index (κ2) is 5.16. The van der Waals surface area contributed by atoms with Gasteiger partial charge in [0.15, 0.2) is 0 Å². The molecule has 1 fully saturated rings. The maximum atomic E-state index is 10.7. The molecule has 1 aliphatic rings. The summed E-state index contributed by atoms with van der Waals surface area (Å²) in [5.74, 6) is 0.307. The number of rotatable bonds is 3. The van der Waals surface area contributed by atoms with E-state index in [4.69, 9.17) is 33.0 Å². The summed E-state index contributed by atoms with van der Waals surface area (Å²) in [5.41, 5.74) is 0. The number of hydrogen-bond donors (Lipinski definition) is 1. The largest absolute Gasteiger partial charge is 0.474 e. The molecule has 0 saturated heterocycles. The first-order chi connectivity index (χ1) is 8.45. The zero-order valence-electron chi connectivity index (χ0n) is 9.51. The second-order valence-corrected chi connectivity index (χ2v) is 4.78. The Balaban J connectivity index is 1.88. The Morgan fingerprint density at radius 2 is 2.17 bits per heavy atom. The minimum atomic E-state index is -0.938. The smallest absolute Gasteiger partial charge is 0.407 e. The van der Waals surface area contributed by atoms with Crippen molar-refractivity contribution in [2.75, 3.05) is 7.05 Å². The molecule has 0 unspecified atom stereocenters. The predicted octanol–water partition coefficient (Wildman–Crippen LogP) is 2.30. The van der Waals surface area contributed by atoms with E-state index in [9.17, 15) is 4.79 Å². The lowest BCUT2D eigenvalue weighted by atomic mass is 9.88. The Morgan fingerprint density at radius 3 is 2.72 bits per heavy atom. The van der Waals surface area contributed by atoms with Crippen LogP contribution in [0.4, 0.5) is 4.79 Å². The highest BCUT2D eigenvalue weighted by atomic mass is 35.5. The molecule has 1 aromatic rings. The van der Waals surface area contributed by atoms with Crippen LogP contribution in [-0.4, -0.2) is 45.3 Å². The standard InChI is InChI=1S/C10H11Cl2N3O3/c1-15(10(16)17)5-2-6(3-5)18-8-4-7(11)13-9(12)14-8/h4-6H,2-3H2,1H3,(H,16,17)/t5-,6-. The van der Waals surface area contributed by atoms with Gasteiger partial charge in [-0.3, -0.25) is 0 Å². The van der Waals surface area contributed by atoms with Gasteiger partial charge >= 0.3 is 6.09 Å². The molecule has 1 heterocycles. The molecule has 0 aromatic carbocycles. The predicted molar refractivity (Wildman–Crippen MR) is 65.3 cm³/mol. The fraction of sp³-hybridized carbons (Fsp3) is 0.500. The molecule has 6 nitrogen and oxygen atoms in total. The molecule has 1 saturated carbocycles. The molecule has 98 valence electrons. The van der Waals surface area contributed by atoms with Crippen molar-refractivity contribution in [3.8, 4) is 5.88 Å². The number of carbonyl (C=O) groups is 1. The van der Waals surface area contributed by atoms with Crippen molar-refractivity contribution in [1.82, 2.24) is 14.9 Å². The van der Waals surface area contributed by atoms with Crippen molar-refractivity contribution in [2.24, 2.45) is 0 Å². The lowest BCUT2D eigenvalue weighted by Gasteiger charge is -2.39. The van der Waals surface area contributed by atoms with Gasteiger partial charge in [0, 0.05) is 32.0 Å². The van der Waals surface area contributed by atoms with Crippen molar-refractivity contribution in [3.05, 3.63) is 16.5 Å². The van der Waals surface area contributed by atoms with Crippen molar-refractivity contribution < 1.29 is 14.6 Å². The van der Waals surface area contributed by atoms with E-state index in [1.165, 1.54) is 11.0 Å². The van der Waals surface area contributed by atoms with E-state index in [1.807, 2.05) is 0 Å². The fourth-order valence-electron chi connectivity index (χ4n) is 1.71. The lowest BCUT2D eigenvalue weighted by Crippen LogP contribution is -2.49. The number of halogens is 2. The van der Waals surface area contributed by atoms with Gasteiger partial charge in [-0.2, -0.15) is 4.98 Å². The fourth-order valence-corrected chi connectivity index (χ4v) is 2.10. The van der Waals surface area contributed by atoms with E-state index in [0.717, 1.165) is 0 Å². The van der Waals surface area contributed by atoms with Gasteiger partial charge in [-0.25, -0.2) is 9.78 Å². The Hall–Kier alpha value is -1.27. The summed E-state index contributed by atoms with van der Waals surface area (Å²) in [7, 11) is 1.54. The van der Waals surface area contributed by atoms with E-state index in [-0.39, 0.29) is 22.6 Å². The Labute approximate surface area is 113 Å². The molecular formula is C10H11Cl2N3O3. The lowest BCUT2D eigenvalue weighted by molar-refractivity contribution is 0.0294. The summed E-state index contributed by atoms with van der Waals surface area (Å²) >= 11 is 11.4. The molecular weight excluding hydrogens is 281 g/mol. The normalized spacial score (nSPS) is 22.2. The molecule has 0 bridgehead atoms. The third-order valence-electron chi connectivity index (χ3n) is 2.85. The molecule has 1 N–H and O–H groups in total. The summed E-state index contributed by atoms with van der Waals surface area (Å²) < 4.78 is 5.53. The highest BCUT2D eigenvalue weighted by Gasteiger charge is 2.36. The van der Waals surface area contributed by atoms with Gasteiger partial charge in [0.2, 0.25) is 11.2 Å². The van der Waals surface area contributed by atoms with Gasteiger partial charge < -0.3 is 14.7 Å². The molecule has 8 heteroatoms. The first-order valence-electron chi connectivity index (χ1n) is 5.28. The average Bonchev–Trinajstić information content (AvgIpc) is 2.20. The zero-order chi connectivity index (χ0) is 13.3. The molecule has 0 radical (unpaired) electrons. The Bertz CT molecular complexity index is 445. The van der Waals surface area contributed by atoms with E-state index in [0.29, 0.717) is 18.7 Å². The number of nitrogens with zero attached hydrogens (tertiary/aromatic N) is 3. The van der Waals surface area contributed by atoms with Crippen LogP contribution >= 0.6 is 23.2 Å². The Kier molecular flexibility index (Phi) is 3.77. The third-order valence-corrected chi connectivity index (χ3v) is 3.21. The third kappa shape index (κ3) is 2.94. The van der Waals surface area contributed by atoms with E-state index in [1.54, 1.807) is 7.05 Å². The summed E-state index contributed by atoms with van der Waals surface area (Å²) in [5, 5.41) is 9.03. The minimum absolute atomic E-state index is 0.0136. The van der Waals surface area contributed by atoms with Gasteiger partial charge in [0.1, 0.15) is 11.3 Å². The van der Waals surface area contributed by atoms with Crippen LogP contribution in [0.3, 0.4) is 0 Å². The van der Waals surface area contributed by atoms with Crippen LogP contribution in [0.25, 0.3) is 0 Å². The van der Waals surface area contributed by atoms with Crippen LogP contribution in [0.5, 0.6) is 5.88 Å². The molecule has 18 heavy (non-hydrogen) atoms. The van der Waals surface area contributed by atoms with Gasteiger partial charge in [0.05, 0.1) is 0 Å².